The molecular weight excluding hydrogens is 432 g/mol. The molecule has 0 atom stereocenters. The van der Waals surface area contributed by atoms with Crippen LogP contribution in [0, 0.1) is 0 Å². The van der Waals surface area contributed by atoms with E-state index in [4.69, 9.17) is 17.2 Å². The lowest BCUT2D eigenvalue weighted by Crippen LogP contribution is -2.31. The van der Waals surface area contributed by atoms with E-state index in [0.717, 1.165) is 32.1 Å². The van der Waals surface area contributed by atoms with Crippen LogP contribution in [-0.2, 0) is 6.54 Å². The Morgan fingerprint density at radius 2 is 1.79 bits per heavy atom. The summed E-state index contributed by atoms with van der Waals surface area (Å²) in [7, 11) is 0. The van der Waals surface area contributed by atoms with Crippen molar-refractivity contribution in [1.29, 1.82) is 0 Å². The summed E-state index contributed by atoms with van der Waals surface area (Å²) >= 11 is 3.49. The summed E-state index contributed by atoms with van der Waals surface area (Å²) in [5.41, 5.74) is 22.4. The van der Waals surface area contributed by atoms with Gasteiger partial charge in [0.05, 0.1) is 22.3 Å². The van der Waals surface area contributed by atoms with Gasteiger partial charge in [0, 0.05) is 11.0 Å². The van der Waals surface area contributed by atoms with Gasteiger partial charge in [-0.1, -0.05) is 46.3 Å². The predicted molar refractivity (Wildman–Crippen MR) is 120 cm³/mol. The molecule has 7 N–H and O–H groups in total. The van der Waals surface area contributed by atoms with Gasteiger partial charge in [-0.3, -0.25) is 10.00 Å². The van der Waals surface area contributed by atoms with E-state index in [0.29, 0.717) is 23.7 Å². The van der Waals surface area contributed by atoms with Crippen LogP contribution in [0.15, 0.2) is 65.1 Å². The number of hydrogen-bond donors (Lipinski definition) is 4. The van der Waals surface area contributed by atoms with Gasteiger partial charge in [-0.2, -0.15) is 5.10 Å². The summed E-state index contributed by atoms with van der Waals surface area (Å²) in [6.07, 6.45) is 0. The van der Waals surface area contributed by atoms with Crippen LogP contribution in [-0.4, -0.2) is 16.2 Å². The topological polar surface area (TPSA) is 127 Å². The minimum Gasteiger partial charge on any atom is -0.382 e. The van der Waals surface area contributed by atoms with E-state index >= 15 is 0 Å². The van der Waals surface area contributed by atoms with E-state index < -0.39 is 6.03 Å². The number of H-pyrrole nitrogens is 1. The van der Waals surface area contributed by atoms with Gasteiger partial charge >= 0.3 is 6.03 Å². The molecule has 2 amide bonds. The fourth-order valence-electron chi connectivity index (χ4n) is 3.37. The molecule has 146 valence electrons. The molecule has 0 aliphatic rings. The summed E-state index contributed by atoms with van der Waals surface area (Å²) < 4.78 is 0.822. The summed E-state index contributed by atoms with van der Waals surface area (Å²) in [5, 5.41) is 7.87. The molecule has 3 aromatic carbocycles. The van der Waals surface area contributed by atoms with Gasteiger partial charge in [0.2, 0.25) is 0 Å². The third kappa shape index (κ3) is 3.43. The van der Waals surface area contributed by atoms with Gasteiger partial charge in [-0.05, 0) is 47.0 Å². The number of nitrogens with zero attached hydrogens (tertiary/aromatic N) is 2. The zero-order chi connectivity index (χ0) is 20.5. The highest BCUT2D eigenvalue weighted by atomic mass is 79.9. The Labute approximate surface area is 175 Å². The Hall–Kier alpha value is -3.36. The molecule has 8 heteroatoms. The van der Waals surface area contributed by atoms with Crippen LogP contribution in [0.5, 0.6) is 0 Å². The van der Waals surface area contributed by atoms with Crippen molar-refractivity contribution in [3.8, 4) is 11.1 Å². The van der Waals surface area contributed by atoms with E-state index in [9.17, 15) is 4.79 Å². The molecule has 7 nitrogen and oxygen atoms in total. The lowest BCUT2D eigenvalue weighted by Gasteiger charge is -2.22. The molecule has 0 radical (unpaired) electrons. The number of hydrogen-bond acceptors (Lipinski definition) is 4. The number of nitrogen functional groups attached to an aromatic ring is 1. The summed E-state index contributed by atoms with van der Waals surface area (Å²) in [6.45, 7) is 0.398. The monoisotopic (exact) mass is 450 g/mol. The number of aromatic nitrogens is 2. The number of amides is 2. The number of nitrogens with two attached hydrogens (primary N) is 3. The predicted octanol–water partition coefficient (Wildman–Crippen LogP) is 4.25. The Morgan fingerprint density at radius 1 is 1.07 bits per heavy atom. The molecule has 1 heterocycles. The average Bonchev–Trinajstić information content (AvgIpc) is 3.10. The highest BCUT2D eigenvalue weighted by molar-refractivity contribution is 9.10. The number of halogens is 1. The van der Waals surface area contributed by atoms with E-state index in [2.05, 4.69) is 26.1 Å². The van der Waals surface area contributed by atoms with Crippen LogP contribution in [0.4, 0.5) is 22.0 Å². The maximum absolute atomic E-state index is 12.2. The normalized spacial score (nSPS) is 11.0. The number of rotatable bonds is 4. The minimum atomic E-state index is -0.577. The second-order valence-corrected chi connectivity index (χ2v) is 7.39. The van der Waals surface area contributed by atoms with Gasteiger partial charge in [-0.15, -0.1) is 0 Å². The van der Waals surface area contributed by atoms with Crippen molar-refractivity contribution >= 4 is 50.1 Å². The first-order chi connectivity index (χ1) is 14.0. The first kappa shape index (κ1) is 19.0. The maximum atomic E-state index is 12.2. The first-order valence-corrected chi connectivity index (χ1v) is 9.70. The summed E-state index contributed by atoms with van der Waals surface area (Å²) in [5.74, 6) is 0.447. The minimum absolute atomic E-state index is 0.398. The van der Waals surface area contributed by atoms with Crippen LogP contribution in [0.25, 0.3) is 22.0 Å². The number of benzene rings is 3. The van der Waals surface area contributed by atoms with Gasteiger partial charge < -0.3 is 17.2 Å². The summed E-state index contributed by atoms with van der Waals surface area (Å²) in [6, 6.07) is 18.3. The number of urea groups is 1. The number of carbonyl (C=O) groups is 1. The van der Waals surface area contributed by atoms with E-state index in [1.165, 1.54) is 4.90 Å². The first-order valence-electron chi connectivity index (χ1n) is 8.90. The second kappa shape index (κ2) is 7.57. The number of fused-ring (bicyclic) bond motifs is 1. The molecule has 0 spiro atoms. The zero-order valence-corrected chi connectivity index (χ0v) is 17.0. The fourth-order valence-corrected chi connectivity index (χ4v) is 3.90. The molecule has 0 aliphatic heterocycles. The van der Waals surface area contributed by atoms with E-state index in [-0.39, 0.29) is 0 Å². The quantitative estimate of drug-likeness (QED) is 0.370. The van der Waals surface area contributed by atoms with Crippen molar-refractivity contribution in [2.75, 3.05) is 10.6 Å². The Bertz CT molecular complexity index is 1200. The molecule has 0 saturated heterocycles. The van der Waals surface area contributed by atoms with Crippen molar-refractivity contribution in [3.05, 3.63) is 70.7 Å². The van der Waals surface area contributed by atoms with Crippen molar-refractivity contribution in [2.45, 2.75) is 6.54 Å². The largest absolute Gasteiger partial charge is 0.382 e. The Balaban J connectivity index is 1.74. The highest BCUT2D eigenvalue weighted by Gasteiger charge is 2.17. The summed E-state index contributed by atoms with van der Waals surface area (Å²) in [4.78, 5) is 13.6. The third-order valence-electron chi connectivity index (χ3n) is 4.79. The second-order valence-electron chi connectivity index (χ2n) is 6.54. The number of aromatic amines is 1. The van der Waals surface area contributed by atoms with Gasteiger partial charge in [-0.25, -0.2) is 4.79 Å². The highest BCUT2D eigenvalue weighted by Crippen LogP contribution is 2.34. The van der Waals surface area contributed by atoms with Crippen molar-refractivity contribution in [1.82, 2.24) is 10.2 Å². The lowest BCUT2D eigenvalue weighted by molar-refractivity contribution is 0.256. The molecule has 0 unspecified atom stereocenters. The molecule has 0 saturated carbocycles. The molecule has 1 aromatic heterocycles. The molecule has 4 rings (SSSR count). The van der Waals surface area contributed by atoms with Crippen molar-refractivity contribution < 1.29 is 4.79 Å². The Kier molecular flexibility index (Phi) is 4.96. The van der Waals surface area contributed by atoms with E-state index in [1.807, 2.05) is 60.7 Å². The number of anilines is 3. The van der Waals surface area contributed by atoms with Crippen LogP contribution < -0.4 is 22.1 Å². The smallest absolute Gasteiger partial charge is 0.323 e. The number of carbonyl (C=O) groups excluding carboxylic acids is 1. The SMILES string of the molecule is NCc1ccc(N(C(N)=O)c2ccc(-c3cccc4[nH]nc(N)c34)cc2)cc1Br. The van der Waals surface area contributed by atoms with Gasteiger partial charge in [0.1, 0.15) is 0 Å². The van der Waals surface area contributed by atoms with Crippen LogP contribution >= 0.6 is 15.9 Å². The van der Waals surface area contributed by atoms with Crippen LogP contribution in [0.2, 0.25) is 0 Å². The number of nitrogens with one attached hydrogen (secondary N) is 1. The fraction of sp³-hybridized carbons (Fsp3) is 0.0476. The van der Waals surface area contributed by atoms with Crippen LogP contribution in [0.1, 0.15) is 5.56 Å². The van der Waals surface area contributed by atoms with Gasteiger partial charge in [0.25, 0.3) is 0 Å². The molecule has 0 fully saturated rings. The van der Waals surface area contributed by atoms with Crippen molar-refractivity contribution in [2.24, 2.45) is 11.5 Å². The van der Waals surface area contributed by atoms with E-state index in [1.54, 1.807) is 0 Å². The third-order valence-corrected chi connectivity index (χ3v) is 5.53. The van der Waals surface area contributed by atoms with Crippen LogP contribution in [0.3, 0.4) is 0 Å². The molecular formula is C21H19BrN6O. The standard InChI is InChI=1S/C21H19BrN6O/c22-17-10-15(9-6-13(17)11-23)28(21(25)29)14-7-4-12(5-8-14)16-2-1-3-18-19(16)20(24)27-26-18/h1-10H,11,23H2,(H2,25,29)(H3,24,26,27). The molecule has 4 aromatic rings. The van der Waals surface area contributed by atoms with Gasteiger partial charge in [0.15, 0.2) is 5.82 Å². The molecule has 29 heavy (non-hydrogen) atoms. The maximum Gasteiger partial charge on any atom is 0.323 e. The number of primary amides is 1. The Morgan fingerprint density at radius 3 is 2.45 bits per heavy atom. The lowest BCUT2D eigenvalue weighted by atomic mass is 10.0. The van der Waals surface area contributed by atoms with Crippen molar-refractivity contribution in [3.63, 3.8) is 0 Å². The molecule has 0 aliphatic carbocycles. The average molecular weight is 451 g/mol. The molecule has 0 bridgehead atoms. The zero-order valence-electron chi connectivity index (χ0n) is 15.4.